The van der Waals surface area contributed by atoms with E-state index in [2.05, 4.69) is 5.32 Å². The van der Waals surface area contributed by atoms with Crippen molar-refractivity contribution in [3.63, 3.8) is 0 Å². The van der Waals surface area contributed by atoms with Crippen LogP contribution in [0.15, 0.2) is 42.5 Å². The number of rotatable bonds is 5. The second-order valence-corrected chi connectivity index (χ2v) is 6.02. The zero-order valence-electron chi connectivity index (χ0n) is 14.2. The minimum absolute atomic E-state index is 0. The van der Waals surface area contributed by atoms with Crippen LogP contribution in [0, 0.1) is 6.92 Å². The van der Waals surface area contributed by atoms with E-state index in [1.165, 1.54) is 0 Å². The monoisotopic (exact) mass is 362 g/mol. The first-order valence-corrected chi connectivity index (χ1v) is 8.09. The second-order valence-electron chi connectivity index (χ2n) is 6.02. The summed E-state index contributed by atoms with van der Waals surface area (Å²) in [5, 5.41) is 2.92. The van der Waals surface area contributed by atoms with Gasteiger partial charge in [0.2, 0.25) is 0 Å². The van der Waals surface area contributed by atoms with Gasteiger partial charge in [0.1, 0.15) is 11.9 Å². The number of hydrogen-bond donors (Lipinski definition) is 2. The molecule has 0 spiro atoms. The molecular formula is C19H23ClN2O3. The van der Waals surface area contributed by atoms with Gasteiger partial charge in [-0.1, -0.05) is 18.2 Å². The molecule has 1 unspecified atom stereocenters. The summed E-state index contributed by atoms with van der Waals surface area (Å²) in [6.45, 7) is 3.77. The fourth-order valence-electron chi connectivity index (χ4n) is 2.66. The van der Waals surface area contributed by atoms with Crippen LogP contribution in [0.25, 0.3) is 0 Å². The lowest BCUT2D eigenvalue weighted by atomic mass is 10.1. The van der Waals surface area contributed by atoms with Crippen LogP contribution in [0.1, 0.15) is 27.9 Å². The van der Waals surface area contributed by atoms with Crippen molar-refractivity contribution in [3.05, 3.63) is 59.2 Å². The quantitative estimate of drug-likeness (QED) is 0.801. The zero-order chi connectivity index (χ0) is 16.9. The number of nitrogen functional groups attached to an aromatic ring is 1. The summed E-state index contributed by atoms with van der Waals surface area (Å²) in [7, 11) is 0. The van der Waals surface area contributed by atoms with Gasteiger partial charge >= 0.3 is 0 Å². The van der Waals surface area contributed by atoms with E-state index in [0.717, 1.165) is 29.9 Å². The third-order valence-corrected chi connectivity index (χ3v) is 3.99. The lowest BCUT2D eigenvalue weighted by Gasteiger charge is -2.17. The van der Waals surface area contributed by atoms with Gasteiger partial charge in [-0.15, -0.1) is 12.4 Å². The largest absolute Gasteiger partial charge is 0.488 e. The van der Waals surface area contributed by atoms with Crippen LogP contribution in [0.2, 0.25) is 0 Å². The van der Waals surface area contributed by atoms with Crippen molar-refractivity contribution in [1.82, 2.24) is 5.32 Å². The number of benzene rings is 2. The van der Waals surface area contributed by atoms with Gasteiger partial charge in [0.05, 0.1) is 13.2 Å². The Morgan fingerprint density at radius 3 is 2.88 bits per heavy atom. The Morgan fingerprint density at radius 2 is 2.16 bits per heavy atom. The summed E-state index contributed by atoms with van der Waals surface area (Å²) in [5.74, 6) is 0.649. The number of carbonyl (C=O) groups excluding carboxylic acids is 1. The van der Waals surface area contributed by atoms with Crippen LogP contribution in [0.5, 0.6) is 5.75 Å². The number of nitrogens with two attached hydrogens (primary N) is 1. The van der Waals surface area contributed by atoms with E-state index in [-0.39, 0.29) is 24.4 Å². The van der Waals surface area contributed by atoms with E-state index < -0.39 is 0 Å². The van der Waals surface area contributed by atoms with Crippen LogP contribution in [-0.2, 0) is 11.3 Å². The maximum Gasteiger partial charge on any atom is 0.251 e. The van der Waals surface area contributed by atoms with Gasteiger partial charge in [0.15, 0.2) is 0 Å². The number of aryl methyl sites for hydroxylation is 1. The number of ether oxygens (including phenoxy) is 2. The van der Waals surface area contributed by atoms with E-state index in [1.807, 2.05) is 25.1 Å². The van der Waals surface area contributed by atoms with Crippen molar-refractivity contribution in [1.29, 1.82) is 0 Å². The van der Waals surface area contributed by atoms with Crippen LogP contribution >= 0.6 is 12.4 Å². The minimum atomic E-state index is -0.155. The molecule has 0 radical (unpaired) electrons. The second kappa shape index (κ2) is 8.74. The molecule has 6 heteroatoms. The Kier molecular flexibility index (Phi) is 6.67. The molecule has 1 fully saturated rings. The smallest absolute Gasteiger partial charge is 0.251 e. The summed E-state index contributed by atoms with van der Waals surface area (Å²) in [5.41, 5.74) is 8.92. The fourth-order valence-corrected chi connectivity index (χ4v) is 2.66. The number of halogens is 1. The Morgan fingerprint density at radius 1 is 1.32 bits per heavy atom. The molecule has 0 saturated carbocycles. The maximum absolute atomic E-state index is 12.3. The molecule has 3 N–H and O–H groups in total. The van der Waals surface area contributed by atoms with Crippen molar-refractivity contribution < 1.29 is 14.3 Å². The third kappa shape index (κ3) is 5.11. The number of nitrogens with one attached hydrogen (secondary N) is 1. The summed E-state index contributed by atoms with van der Waals surface area (Å²) < 4.78 is 11.4. The summed E-state index contributed by atoms with van der Waals surface area (Å²) in [6.07, 6.45) is 0.971. The minimum Gasteiger partial charge on any atom is -0.488 e. The van der Waals surface area contributed by atoms with Crippen molar-refractivity contribution >= 4 is 24.0 Å². The molecule has 0 bridgehead atoms. The zero-order valence-corrected chi connectivity index (χ0v) is 15.0. The average molecular weight is 363 g/mol. The number of amides is 1. The highest BCUT2D eigenvalue weighted by molar-refractivity contribution is 5.94. The van der Waals surface area contributed by atoms with E-state index in [9.17, 15) is 4.79 Å². The first-order chi connectivity index (χ1) is 11.6. The van der Waals surface area contributed by atoms with Gasteiger partial charge in [0, 0.05) is 29.8 Å². The SMILES string of the molecule is Cc1ccc(CNC(=O)c2cccc(N)c2)c(OC2CCOC2)c1.Cl. The van der Waals surface area contributed by atoms with Gasteiger partial charge in [0.25, 0.3) is 5.91 Å². The molecule has 3 rings (SSSR count). The van der Waals surface area contributed by atoms with E-state index >= 15 is 0 Å². The lowest BCUT2D eigenvalue weighted by molar-refractivity contribution is 0.0950. The van der Waals surface area contributed by atoms with Crippen LogP contribution in [-0.4, -0.2) is 25.2 Å². The molecular weight excluding hydrogens is 340 g/mol. The highest BCUT2D eigenvalue weighted by Crippen LogP contribution is 2.24. The van der Waals surface area contributed by atoms with Gasteiger partial charge in [-0.3, -0.25) is 4.79 Å². The molecule has 0 aliphatic carbocycles. The number of anilines is 1. The standard InChI is InChI=1S/C19H22N2O3.ClH/c1-13-5-6-15(18(9-13)24-17-7-8-23-12-17)11-21-19(22)14-3-2-4-16(20)10-14;/h2-6,9-10,17H,7-8,11-12,20H2,1H3,(H,21,22);1H. The topological polar surface area (TPSA) is 73.6 Å². The maximum atomic E-state index is 12.3. The van der Waals surface area contributed by atoms with Gasteiger partial charge in [-0.05, 0) is 36.8 Å². The van der Waals surface area contributed by atoms with Gasteiger partial charge < -0.3 is 20.5 Å². The van der Waals surface area contributed by atoms with Crippen LogP contribution in [0.4, 0.5) is 5.69 Å². The average Bonchev–Trinajstić information content (AvgIpc) is 3.07. The highest BCUT2D eigenvalue weighted by Gasteiger charge is 2.19. The Hall–Kier alpha value is -2.24. The van der Waals surface area contributed by atoms with Crippen molar-refractivity contribution in [2.75, 3.05) is 18.9 Å². The van der Waals surface area contributed by atoms with Crippen molar-refractivity contribution in [2.24, 2.45) is 0 Å². The number of carbonyl (C=O) groups is 1. The molecule has 25 heavy (non-hydrogen) atoms. The molecule has 1 amide bonds. The van der Waals surface area contributed by atoms with E-state index in [0.29, 0.717) is 24.4 Å². The predicted molar refractivity (Wildman–Crippen MR) is 100 cm³/mol. The molecule has 0 aromatic heterocycles. The molecule has 1 aliphatic heterocycles. The van der Waals surface area contributed by atoms with Crippen LogP contribution in [0.3, 0.4) is 0 Å². The molecule has 1 heterocycles. The third-order valence-electron chi connectivity index (χ3n) is 3.99. The van der Waals surface area contributed by atoms with Crippen molar-refractivity contribution in [2.45, 2.75) is 26.0 Å². The van der Waals surface area contributed by atoms with E-state index in [4.69, 9.17) is 15.2 Å². The first kappa shape index (κ1) is 19.1. The van der Waals surface area contributed by atoms with Crippen molar-refractivity contribution in [3.8, 4) is 5.75 Å². The normalized spacial score (nSPS) is 16.1. The summed E-state index contributed by atoms with van der Waals surface area (Å²) in [4.78, 5) is 12.3. The molecule has 2 aromatic carbocycles. The van der Waals surface area contributed by atoms with E-state index in [1.54, 1.807) is 24.3 Å². The summed E-state index contributed by atoms with van der Waals surface area (Å²) >= 11 is 0. The Bertz CT molecular complexity index is 730. The molecule has 1 atom stereocenters. The fraction of sp³-hybridized carbons (Fsp3) is 0.316. The van der Waals surface area contributed by atoms with Crippen LogP contribution < -0.4 is 15.8 Å². The van der Waals surface area contributed by atoms with Gasteiger partial charge in [-0.2, -0.15) is 0 Å². The molecule has 1 aliphatic rings. The Balaban J connectivity index is 0.00000225. The first-order valence-electron chi connectivity index (χ1n) is 8.09. The molecule has 2 aromatic rings. The molecule has 5 nitrogen and oxygen atoms in total. The van der Waals surface area contributed by atoms with Gasteiger partial charge in [-0.25, -0.2) is 0 Å². The predicted octanol–water partition coefficient (Wildman–Crippen LogP) is 3.10. The molecule has 1 saturated heterocycles. The Labute approximate surface area is 153 Å². The number of hydrogen-bond acceptors (Lipinski definition) is 4. The highest BCUT2D eigenvalue weighted by atomic mass is 35.5. The lowest BCUT2D eigenvalue weighted by Crippen LogP contribution is -2.24. The molecule has 134 valence electrons. The summed E-state index contributed by atoms with van der Waals surface area (Å²) in [6, 6.07) is 12.9.